The molecule has 3 aromatic rings. The first-order valence-corrected chi connectivity index (χ1v) is 11.3. The monoisotopic (exact) mass is 475 g/mol. The minimum absolute atomic E-state index is 0.0129. The maximum atomic E-state index is 12.6. The molecule has 13 heteroatoms. The summed E-state index contributed by atoms with van der Waals surface area (Å²) in [5, 5.41) is 15.3. The van der Waals surface area contributed by atoms with Gasteiger partial charge in [0, 0.05) is 24.9 Å². The number of para-hydroxylation sites is 1. The zero-order valence-corrected chi connectivity index (χ0v) is 18.1. The topological polar surface area (TPSA) is 160 Å². The number of anilines is 2. The van der Waals surface area contributed by atoms with Gasteiger partial charge in [-0.25, -0.2) is 8.42 Å². The van der Waals surface area contributed by atoms with Crippen molar-refractivity contribution in [3.8, 4) is 0 Å². The lowest BCUT2D eigenvalue weighted by atomic mass is 10.1. The Morgan fingerprint density at radius 2 is 1.62 bits per heavy atom. The maximum Gasteiger partial charge on any atom is 0.272 e. The summed E-state index contributed by atoms with van der Waals surface area (Å²) in [5.41, 5.74) is 4.29. The second-order valence-corrected chi connectivity index (χ2v) is 9.09. The number of nitrogens with one attached hydrogen (secondary N) is 4. The van der Waals surface area contributed by atoms with Crippen LogP contribution < -0.4 is 20.9 Å². The number of nitro groups is 1. The summed E-state index contributed by atoms with van der Waals surface area (Å²) in [5.74, 6) is -1.60. The number of sulfonamides is 1. The highest BCUT2D eigenvalue weighted by atomic mass is 32.2. The quantitative estimate of drug-likeness (QED) is 0.302. The molecule has 166 valence electrons. The number of nitro benzene ring substituents is 1. The predicted molar refractivity (Wildman–Crippen MR) is 119 cm³/mol. The first-order chi connectivity index (χ1) is 15.2. The molecule has 0 spiro atoms. The van der Waals surface area contributed by atoms with Gasteiger partial charge in [0.15, 0.2) is 0 Å². The summed E-state index contributed by atoms with van der Waals surface area (Å²) in [4.78, 5) is 35.5. The second kappa shape index (κ2) is 9.45. The third-order valence-electron chi connectivity index (χ3n) is 4.19. The summed E-state index contributed by atoms with van der Waals surface area (Å²) in [6, 6.07) is 12.5. The molecule has 0 aliphatic carbocycles. The van der Waals surface area contributed by atoms with E-state index in [4.69, 9.17) is 0 Å². The first kappa shape index (κ1) is 22.7. The van der Waals surface area contributed by atoms with E-state index >= 15 is 0 Å². The van der Waals surface area contributed by atoms with Gasteiger partial charge in [-0.05, 0) is 29.6 Å². The fourth-order valence-corrected chi connectivity index (χ4v) is 4.75. The Morgan fingerprint density at radius 3 is 2.25 bits per heavy atom. The lowest BCUT2D eigenvalue weighted by Gasteiger charge is -2.13. The highest BCUT2D eigenvalue weighted by molar-refractivity contribution is 7.94. The number of hydrazine groups is 1. The van der Waals surface area contributed by atoms with E-state index < -0.39 is 26.8 Å². The lowest BCUT2D eigenvalue weighted by molar-refractivity contribution is -0.384. The number of benzene rings is 2. The van der Waals surface area contributed by atoms with Crippen molar-refractivity contribution in [2.45, 2.75) is 4.21 Å². The van der Waals surface area contributed by atoms with Gasteiger partial charge in [-0.3, -0.25) is 35.3 Å². The van der Waals surface area contributed by atoms with Gasteiger partial charge >= 0.3 is 0 Å². The number of hydrogen-bond acceptors (Lipinski definition) is 8. The summed E-state index contributed by atoms with van der Waals surface area (Å²) in [6.45, 7) is 0. The lowest BCUT2D eigenvalue weighted by Crippen LogP contribution is -2.42. The predicted octanol–water partition coefficient (Wildman–Crippen LogP) is 2.57. The Morgan fingerprint density at radius 1 is 0.938 bits per heavy atom. The van der Waals surface area contributed by atoms with Crippen LogP contribution in [-0.2, 0) is 10.0 Å². The summed E-state index contributed by atoms with van der Waals surface area (Å²) >= 11 is 1.02. The van der Waals surface area contributed by atoms with Crippen LogP contribution in [0.5, 0.6) is 0 Å². The Bertz CT molecular complexity index is 1280. The summed E-state index contributed by atoms with van der Waals surface area (Å²) < 4.78 is 27.4. The van der Waals surface area contributed by atoms with Crippen molar-refractivity contribution in [1.82, 2.24) is 10.9 Å². The molecule has 0 aliphatic rings. The molecule has 11 nitrogen and oxygen atoms in total. The average Bonchev–Trinajstić information content (AvgIpc) is 3.33. The number of amides is 2. The average molecular weight is 476 g/mol. The number of thiophene rings is 1. The zero-order chi connectivity index (χ0) is 23.3. The van der Waals surface area contributed by atoms with Crippen LogP contribution in [0.1, 0.15) is 20.7 Å². The van der Waals surface area contributed by atoms with E-state index in [1.54, 1.807) is 17.5 Å². The van der Waals surface area contributed by atoms with Gasteiger partial charge in [-0.15, -0.1) is 11.3 Å². The molecule has 0 unspecified atom stereocenters. The van der Waals surface area contributed by atoms with Crippen molar-refractivity contribution in [2.75, 3.05) is 17.1 Å². The molecular weight excluding hydrogens is 458 g/mol. The number of rotatable bonds is 7. The molecule has 2 amide bonds. The van der Waals surface area contributed by atoms with Gasteiger partial charge in [0.25, 0.3) is 27.5 Å². The largest absolute Gasteiger partial charge is 0.387 e. The van der Waals surface area contributed by atoms with Crippen molar-refractivity contribution < 1.29 is 22.9 Å². The van der Waals surface area contributed by atoms with Gasteiger partial charge in [0.1, 0.15) is 4.21 Å². The van der Waals surface area contributed by atoms with Crippen LogP contribution in [0.4, 0.5) is 17.1 Å². The summed E-state index contributed by atoms with van der Waals surface area (Å²) in [7, 11) is -2.36. The van der Waals surface area contributed by atoms with Crippen LogP contribution in [0, 0.1) is 10.1 Å². The van der Waals surface area contributed by atoms with Gasteiger partial charge in [-0.2, -0.15) is 0 Å². The van der Waals surface area contributed by atoms with Crippen LogP contribution in [0.15, 0.2) is 64.2 Å². The molecule has 3 rings (SSSR count). The van der Waals surface area contributed by atoms with Gasteiger partial charge in [-0.1, -0.05) is 18.2 Å². The highest BCUT2D eigenvalue weighted by Gasteiger charge is 2.21. The minimum atomic E-state index is -3.89. The molecule has 0 saturated carbocycles. The molecule has 0 saturated heterocycles. The van der Waals surface area contributed by atoms with Crippen LogP contribution in [-0.4, -0.2) is 32.2 Å². The second-order valence-electron chi connectivity index (χ2n) is 6.23. The standard InChI is InChI=1S/C19H17N5O6S2/c1-20-15-9-8-12(24(27)28)11-14(15)19(26)22-21-18(25)13-5-2-3-6-16(13)23-32(29,30)17-7-4-10-31-17/h2-11,20,23H,1H3,(H,21,25)(H,22,26). The molecular formula is C19H17N5O6S2. The number of carbonyl (C=O) groups is 2. The number of hydrogen-bond donors (Lipinski definition) is 4. The molecule has 1 aromatic heterocycles. The molecule has 1 heterocycles. The maximum absolute atomic E-state index is 12.6. The van der Waals surface area contributed by atoms with Crippen LogP contribution in [0.25, 0.3) is 0 Å². The van der Waals surface area contributed by atoms with E-state index in [0.29, 0.717) is 5.69 Å². The van der Waals surface area contributed by atoms with E-state index in [1.165, 1.54) is 43.4 Å². The molecule has 0 bridgehead atoms. The molecule has 0 fully saturated rings. The molecule has 0 radical (unpaired) electrons. The summed E-state index contributed by atoms with van der Waals surface area (Å²) in [6.07, 6.45) is 0. The van der Waals surface area contributed by atoms with Crippen LogP contribution in [0.2, 0.25) is 0 Å². The molecule has 2 aromatic carbocycles. The van der Waals surface area contributed by atoms with E-state index in [-0.39, 0.29) is 26.7 Å². The Kier molecular flexibility index (Phi) is 6.70. The van der Waals surface area contributed by atoms with Gasteiger partial charge in [0.2, 0.25) is 0 Å². The molecule has 4 N–H and O–H groups in total. The minimum Gasteiger partial charge on any atom is -0.387 e. The third-order valence-corrected chi connectivity index (χ3v) is 6.96. The SMILES string of the molecule is CNc1ccc([N+](=O)[O-])cc1C(=O)NNC(=O)c1ccccc1NS(=O)(=O)c1cccs1. The molecule has 0 aliphatic heterocycles. The Hall–Kier alpha value is -3.97. The number of nitrogens with zero attached hydrogens (tertiary/aromatic N) is 1. The van der Waals surface area contributed by atoms with E-state index in [1.807, 2.05) is 0 Å². The van der Waals surface area contributed by atoms with Gasteiger partial charge in [0.05, 0.1) is 21.7 Å². The zero-order valence-electron chi connectivity index (χ0n) is 16.5. The van der Waals surface area contributed by atoms with Gasteiger partial charge < -0.3 is 5.32 Å². The Balaban J connectivity index is 1.77. The Labute approximate surface area is 186 Å². The van der Waals surface area contributed by atoms with Crippen molar-refractivity contribution >= 4 is 50.2 Å². The fourth-order valence-electron chi connectivity index (χ4n) is 2.68. The number of carbonyl (C=O) groups excluding carboxylic acids is 2. The van der Waals surface area contributed by atoms with Crippen molar-refractivity contribution in [3.63, 3.8) is 0 Å². The van der Waals surface area contributed by atoms with E-state index in [0.717, 1.165) is 17.4 Å². The highest BCUT2D eigenvalue weighted by Crippen LogP contribution is 2.23. The molecule has 32 heavy (non-hydrogen) atoms. The van der Waals surface area contributed by atoms with Crippen LogP contribution >= 0.6 is 11.3 Å². The van der Waals surface area contributed by atoms with E-state index in [9.17, 15) is 28.1 Å². The van der Waals surface area contributed by atoms with E-state index in [2.05, 4.69) is 20.9 Å². The fraction of sp³-hybridized carbons (Fsp3) is 0.0526. The first-order valence-electron chi connectivity index (χ1n) is 8.95. The normalized spacial score (nSPS) is 10.8. The third kappa shape index (κ3) is 5.01. The van der Waals surface area contributed by atoms with Crippen molar-refractivity contribution in [2.24, 2.45) is 0 Å². The van der Waals surface area contributed by atoms with Crippen molar-refractivity contribution in [3.05, 3.63) is 81.2 Å². The molecule has 0 atom stereocenters. The smallest absolute Gasteiger partial charge is 0.272 e. The van der Waals surface area contributed by atoms with Crippen LogP contribution in [0.3, 0.4) is 0 Å². The van der Waals surface area contributed by atoms with Crippen molar-refractivity contribution in [1.29, 1.82) is 0 Å². The number of non-ortho nitro benzene ring substituents is 1.